The van der Waals surface area contributed by atoms with Crippen LogP contribution in [0, 0.1) is 0 Å². The lowest BCUT2D eigenvalue weighted by molar-refractivity contribution is -0.121. The quantitative estimate of drug-likeness (QED) is 0.639. The molecule has 0 saturated heterocycles. The Labute approximate surface area is 175 Å². The third kappa shape index (κ3) is 4.63. The number of fused-ring (bicyclic) bond motifs is 1. The van der Waals surface area contributed by atoms with Gasteiger partial charge in [0.1, 0.15) is 0 Å². The molecule has 3 aromatic rings. The average molecular weight is 436 g/mol. The molecule has 0 fully saturated rings. The summed E-state index contributed by atoms with van der Waals surface area (Å²) < 4.78 is 17.5. The third-order valence-corrected chi connectivity index (χ3v) is 5.38. The van der Waals surface area contributed by atoms with E-state index in [0.29, 0.717) is 29.7 Å². The van der Waals surface area contributed by atoms with Crippen molar-refractivity contribution in [3.05, 3.63) is 50.8 Å². The normalized spacial score (nSPS) is 13.1. The fourth-order valence-corrected chi connectivity index (χ4v) is 3.76. The summed E-state index contributed by atoms with van der Waals surface area (Å²) in [6, 6.07) is 7.21. The molecular formula is C19H18ClN3O5S. The van der Waals surface area contributed by atoms with E-state index in [0.717, 1.165) is 21.5 Å². The molecule has 0 unspecified atom stereocenters. The van der Waals surface area contributed by atoms with Gasteiger partial charge in [0.15, 0.2) is 11.5 Å². The number of carbonyl (C=O) groups excluding carboxylic acids is 1. The molecule has 4 rings (SSSR count). The van der Waals surface area contributed by atoms with E-state index >= 15 is 0 Å². The van der Waals surface area contributed by atoms with Gasteiger partial charge in [0.2, 0.25) is 5.91 Å². The first kappa shape index (κ1) is 19.5. The highest BCUT2D eigenvalue weighted by atomic mass is 35.5. The standard InChI is InChI=1S/C19H18ClN3O5S/c20-13-9-12(10-14-17(13)27-7-2-6-26-14)11-21-16(24)4-5-23-19(25)28-18(22-23)15-3-1-8-29-15/h1,3,8-10H,2,4-7,11H2,(H,21,24). The average Bonchev–Trinajstić information content (AvgIpc) is 3.29. The molecule has 0 aliphatic carbocycles. The molecule has 0 saturated carbocycles. The summed E-state index contributed by atoms with van der Waals surface area (Å²) in [5.41, 5.74) is 0.797. The number of nitrogens with one attached hydrogen (secondary N) is 1. The van der Waals surface area contributed by atoms with Crippen LogP contribution in [0.5, 0.6) is 11.5 Å². The van der Waals surface area contributed by atoms with Gasteiger partial charge in [0.25, 0.3) is 5.89 Å². The van der Waals surface area contributed by atoms with E-state index < -0.39 is 5.76 Å². The number of aryl methyl sites for hydroxylation is 1. The predicted molar refractivity (Wildman–Crippen MR) is 108 cm³/mol. The van der Waals surface area contributed by atoms with Crippen LogP contribution >= 0.6 is 22.9 Å². The van der Waals surface area contributed by atoms with Gasteiger partial charge in [-0.1, -0.05) is 17.7 Å². The maximum Gasteiger partial charge on any atom is 0.437 e. The second-order valence-electron chi connectivity index (χ2n) is 6.36. The Balaban J connectivity index is 1.33. The number of benzene rings is 1. The maximum absolute atomic E-state index is 12.2. The van der Waals surface area contributed by atoms with Crippen LogP contribution in [0.1, 0.15) is 18.4 Å². The highest BCUT2D eigenvalue weighted by Crippen LogP contribution is 2.37. The summed E-state index contributed by atoms with van der Waals surface area (Å²) in [4.78, 5) is 24.8. The number of amides is 1. The summed E-state index contributed by atoms with van der Waals surface area (Å²) >= 11 is 7.69. The molecule has 8 nitrogen and oxygen atoms in total. The zero-order chi connectivity index (χ0) is 20.2. The van der Waals surface area contributed by atoms with Crippen LogP contribution in [-0.4, -0.2) is 28.9 Å². The Morgan fingerprint density at radius 3 is 3.00 bits per heavy atom. The van der Waals surface area contributed by atoms with Gasteiger partial charge >= 0.3 is 5.76 Å². The first-order chi connectivity index (χ1) is 14.1. The fourth-order valence-electron chi connectivity index (χ4n) is 2.83. The zero-order valence-electron chi connectivity index (χ0n) is 15.4. The van der Waals surface area contributed by atoms with Crippen LogP contribution in [0.25, 0.3) is 10.8 Å². The molecule has 29 heavy (non-hydrogen) atoms. The SMILES string of the molecule is O=C(CCn1nc(-c2cccs2)oc1=O)NCc1cc(Cl)c2c(c1)OCCCO2. The second-order valence-corrected chi connectivity index (χ2v) is 7.71. The van der Waals surface area contributed by atoms with Crippen molar-refractivity contribution in [3.63, 3.8) is 0 Å². The van der Waals surface area contributed by atoms with Crippen LogP contribution in [0.3, 0.4) is 0 Å². The van der Waals surface area contributed by atoms with Crippen molar-refractivity contribution in [3.8, 4) is 22.3 Å². The summed E-state index contributed by atoms with van der Waals surface area (Å²) in [5.74, 6) is 0.560. The van der Waals surface area contributed by atoms with Gasteiger partial charge in [-0.3, -0.25) is 4.79 Å². The highest BCUT2D eigenvalue weighted by Gasteiger charge is 2.16. The number of ether oxygens (including phenoxy) is 2. The summed E-state index contributed by atoms with van der Waals surface area (Å²) in [7, 11) is 0. The van der Waals surface area contributed by atoms with Crippen LogP contribution in [0.15, 0.2) is 38.9 Å². The molecule has 0 atom stereocenters. The Kier molecular flexibility index (Phi) is 5.86. The largest absolute Gasteiger partial charge is 0.489 e. The Morgan fingerprint density at radius 2 is 2.17 bits per heavy atom. The lowest BCUT2D eigenvalue weighted by Gasteiger charge is -2.12. The lowest BCUT2D eigenvalue weighted by Crippen LogP contribution is -2.26. The van der Waals surface area contributed by atoms with Crippen LogP contribution in [0.2, 0.25) is 5.02 Å². The zero-order valence-corrected chi connectivity index (χ0v) is 16.9. The Morgan fingerprint density at radius 1 is 1.31 bits per heavy atom. The highest BCUT2D eigenvalue weighted by molar-refractivity contribution is 7.13. The summed E-state index contributed by atoms with van der Waals surface area (Å²) in [6.07, 6.45) is 0.876. The monoisotopic (exact) mass is 435 g/mol. The molecule has 152 valence electrons. The molecule has 1 aliphatic heterocycles. The molecule has 0 bridgehead atoms. The lowest BCUT2D eigenvalue weighted by atomic mass is 10.2. The first-order valence-corrected chi connectivity index (χ1v) is 10.3. The van der Waals surface area contributed by atoms with E-state index in [1.54, 1.807) is 6.07 Å². The van der Waals surface area contributed by atoms with Crippen molar-refractivity contribution >= 4 is 28.8 Å². The maximum atomic E-state index is 12.2. The number of nitrogens with zero attached hydrogens (tertiary/aromatic N) is 2. The molecule has 0 radical (unpaired) electrons. The van der Waals surface area contributed by atoms with Crippen LogP contribution in [0.4, 0.5) is 0 Å². The minimum absolute atomic E-state index is 0.0919. The molecular weight excluding hydrogens is 418 g/mol. The molecule has 1 aliphatic rings. The van der Waals surface area contributed by atoms with Gasteiger partial charge in [-0.2, -0.15) is 4.68 Å². The number of thiophene rings is 1. The van der Waals surface area contributed by atoms with Crippen molar-refractivity contribution in [2.75, 3.05) is 13.2 Å². The minimum atomic E-state index is -0.587. The Hall–Kier alpha value is -2.78. The number of carbonyl (C=O) groups is 1. The third-order valence-electron chi connectivity index (χ3n) is 4.24. The van der Waals surface area contributed by atoms with Gasteiger partial charge in [-0.15, -0.1) is 16.4 Å². The molecule has 1 amide bonds. The van der Waals surface area contributed by atoms with Gasteiger partial charge < -0.3 is 19.2 Å². The van der Waals surface area contributed by atoms with Crippen molar-refractivity contribution in [2.45, 2.75) is 25.9 Å². The van der Waals surface area contributed by atoms with Crippen molar-refractivity contribution in [1.29, 1.82) is 0 Å². The minimum Gasteiger partial charge on any atom is -0.489 e. The van der Waals surface area contributed by atoms with Gasteiger partial charge in [0, 0.05) is 19.4 Å². The van der Waals surface area contributed by atoms with E-state index in [1.807, 2.05) is 23.6 Å². The van der Waals surface area contributed by atoms with Crippen molar-refractivity contribution < 1.29 is 18.7 Å². The van der Waals surface area contributed by atoms with Crippen molar-refractivity contribution in [1.82, 2.24) is 15.1 Å². The van der Waals surface area contributed by atoms with Gasteiger partial charge in [-0.05, 0) is 29.1 Å². The number of hydrogen-bond donors (Lipinski definition) is 1. The van der Waals surface area contributed by atoms with Crippen LogP contribution in [-0.2, 0) is 17.9 Å². The van der Waals surface area contributed by atoms with E-state index in [2.05, 4.69) is 10.4 Å². The number of halogens is 1. The number of hydrogen-bond acceptors (Lipinski definition) is 7. The number of rotatable bonds is 6. The topological polar surface area (TPSA) is 95.6 Å². The van der Waals surface area contributed by atoms with E-state index in [1.165, 1.54) is 11.3 Å². The van der Waals surface area contributed by atoms with E-state index in [4.69, 9.17) is 25.5 Å². The van der Waals surface area contributed by atoms with Crippen LogP contribution < -0.4 is 20.5 Å². The van der Waals surface area contributed by atoms with E-state index in [-0.39, 0.29) is 31.3 Å². The molecule has 1 aromatic carbocycles. The second kappa shape index (κ2) is 8.71. The van der Waals surface area contributed by atoms with Gasteiger partial charge in [-0.25, -0.2) is 4.79 Å². The fraction of sp³-hybridized carbons (Fsp3) is 0.316. The molecule has 2 aromatic heterocycles. The first-order valence-electron chi connectivity index (χ1n) is 9.07. The predicted octanol–water partition coefficient (Wildman–Crippen LogP) is 3.09. The summed E-state index contributed by atoms with van der Waals surface area (Å²) in [5, 5.41) is 9.26. The molecule has 0 spiro atoms. The Bertz CT molecular complexity index is 1060. The smallest absolute Gasteiger partial charge is 0.437 e. The number of aromatic nitrogens is 2. The molecule has 3 heterocycles. The van der Waals surface area contributed by atoms with Gasteiger partial charge in [0.05, 0.1) is 29.7 Å². The summed E-state index contributed by atoms with van der Waals surface area (Å²) in [6.45, 7) is 1.52. The molecule has 1 N–H and O–H groups in total. The van der Waals surface area contributed by atoms with E-state index in [9.17, 15) is 9.59 Å². The molecule has 10 heteroatoms. The van der Waals surface area contributed by atoms with Crippen molar-refractivity contribution in [2.24, 2.45) is 0 Å².